The number of aliphatic imine (C=N–C) groups is 1. The number of amidine groups is 1. The van der Waals surface area contributed by atoms with E-state index in [1.165, 1.54) is 0 Å². The monoisotopic (exact) mass is 275 g/mol. The van der Waals surface area contributed by atoms with Crippen LogP contribution in [0.5, 0.6) is 5.75 Å². The summed E-state index contributed by atoms with van der Waals surface area (Å²) < 4.78 is 5.30. The topological polar surface area (TPSA) is 57.4 Å². The van der Waals surface area contributed by atoms with Crippen LogP contribution in [-0.4, -0.2) is 23.6 Å². The second-order valence-electron chi connectivity index (χ2n) is 4.71. The second-order valence-corrected chi connectivity index (χ2v) is 5.67. The molecule has 0 spiro atoms. The van der Waals surface area contributed by atoms with Gasteiger partial charge in [0.2, 0.25) is 0 Å². The van der Waals surface area contributed by atoms with E-state index in [1.54, 1.807) is 31.0 Å². The molecule has 2 rings (SSSR count). The summed E-state index contributed by atoms with van der Waals surface area (Å²) in [6.45, 7) is 4.31. The number of rotatable bonds is 3. The highest BCUT2D eigenvalue weighted by Crippen LogP contribution is 2.33. The normalized spacial score (nSPS) is 21.7. The molecule has 19 heavy (non-hydrogen) atoms. The minimum Gasteiger partial charge on any atom is -0.495 e. The van der Waals surface area contributed by atoms with Crippen LogP contribution in [0, 0.1) is 11.3 Å². The standard InChI is InChI=1S/C14H17N3OS/c1-4-14(2)9-19-13(17-14)16-11-6-5-10(8-15)7-12(11)18-3/h5-7H,4,9H2,1-3H3,(H,16,17). The lowest BCUT2D eigenvalue weighted by Gasteiger charge is -2.15. The largest absolute Gasteiger partial charge is 0.495 e. The lowest BCUT2D eigenvalue weighted by Crippen LogP contribution is -2.20. The number of anilines is 1. The van der Waals surface area contributed by atoms with Crippen LogP contribution in [0.4, 0.5) is 5.69 Å². The molecule has 0 saturated carbocycles. The van der Waals surface area contributed by atoms with Crippen LogP contribution in [0.1, 0.15) is 25.8 Å². The molecule has 0 aromatic heterocycles. The highest BCUT2D eigenvalue weighted by Gasteiger charge is 2.29. The summed E-state index contributed by atoms with van der Waals surface area (Å²) in [5.41, 5.74) is 1.45. The molecule has 0 amide bonds. The Hall–Kier alpha value is -1.67. The molecular formula is C14H17N3OS. The van der Waals surface area contributed by atoms with E-state index >= 15 is 0 Å². The van der Waals surface area contributed by atoms with Crippen LogP contribution in [0.3, 0.4) is 0 Å². The highest BCUT2D eigenvalue weighted by atomic mass is 32.2. The summed E-state index contributed by atoms with van der Waals surface area (Å²) in [4.78, 5) is 4.70. The van der Waals surface area contributed by atoms with Crippen molar-refractivity contribution in [2.75, 3.05) is 18.2 Å². The molecule has 100 valence electrons. The third kappa shape index (κ3) is 3.02. The van der Waals surface area contributed by atoms with Gasteiger partial charge in [-0.3, -0.25) is 4.99 Å². The van der Waals surface area contributed by atoms with E-state index in [2.05, 4.69) is 25.2 Å². The van der Waals surface area contributed by atoms with E-state index in [0.717, 1.165) is 23.0 Å². The van der Waals surface area contributed by atoms with Gasteiger partial charge in [0.1, 0.15) is 5.75 Å². The fourth-order valence-corrected chi connectivity index (χ4v) is 2.94. The van der Waals surface area contributed by atoms with Crippen molar-refractivity contribution >= 4 is 22.6 Å². The molecule has 4 nitrogen and oxygen atoms in total. The Morgan fingerprint density at radius 2 is 2.37 bits per heavy atom. The summed E-state index contributed by atoms with van der Waals surface area (Å²) in [5.74, 6) is 1.65. The Balaban J connectivity index is 2.21. The summed E-state index contributed by atoms with van der Waals surface area (Å²) in [7, 11) is 1.60. The maximum absolute atomic E-state index is 8.88. The Kier molecular flexibility index (Phi) is 4.01. The zero-order valence-corrected chi connectivity index (χ0v) is 12.2. The zero-order valence-electron chi connectivity index (χ0n) is 11.4. The summed E-state index contributed by atoms with van der Waals surface area (Å²) >= 11 is 1.72. The van der Waals surface area contributed by atoms with Crippen LogP contribution >= 0.6 is 11.8 Å². The van der Waals surface area contributed by atoms with E-state index in [4.69, 9.17) is 15.0 Å². The van der Waals surface area contributed by atoms with E-state index in [0.29, 0.717) is 11.3 Å². The van der Waals surface area contributed by atoms with Gasteiger partial charge in [-0.25, -0.2) is 0 Å². The van der Waals surface area contributed by atoms with Crippen molar-refractivity contribution in [3.05, 3.63) is 23.8 Å². The van der Waals surface area contributed by atoms with Gasteiger partial charge in [0.05, 0.1) is 30.0 Å². The fraction of sp³-hybridized carbons (Fsp3) is 0.429. The van der Waals surface area contributed by atoms with Gasteiger partial charge in [-0.1, -0.05) is 18.7 Å². The minimum atomic E-state index is 0.0207. The van der Waals surface area contributed by atoms with E-state index in [-0.39, 0.29) is 5.54 Å². The molecule has 1 heterocycles. The predicted octanol–water partition coefficient (Wildman–Crippen LogP) is 3.25. The average Bonchev–Trinajstić information content (AvgIpc) is 2.81. The highest BCUT2D eigenvalue weighted by molar-refractivity contribution is 8.14. The van der Waals surface area contributed by atoms with Crippen LogP contribution in [0.2, 0.25) is 0 Å². The fourth-order valence-electron chi connectivity index (χ4n) is 1.76. The quantitative estimate of drug-likeness (QED) is 0.920. The van der Waals surface area contributed by atoms with Crippen LogP contribution in [0.15, 0.2) is 23.2 Å². The van der Waals surface area contributed by atoms with Crippen LogP contribution < -0.4 is 10.1 Å². The van der Waals surface area contributed by atoms with Gasteiger partial charge < -0.3 is 10.1 Å². The number of thioether (sulfide) groups is 1. The van der Waals surface area contributed by atoms with Gasteiger partial charge in [0.25, 0.3) is 0 Å². The molecule has 0 fully saturated rings. The van der Waals surface area contributed by atoms with Crippen molar-refractivity contribution in [2.24, 2.45) is 4.99 Å². The maximum Gasteiger partial charge on any atom is 0.161 e. The first-order valence-corrected chi connectivity index (χ1v) is 7.16. The molecule has 1 atom stereocenters. The van der Waals surface area contributed by atoms with Crippen molar-refractivity contribution in [1.82, 2.24) is 0 Å². The average molecular weight is 275 g/mol. The molecule has 5 heteroatoms. The lowest BCUT2D eigenvalue weighted by molar-refractivity contribution is 0.417. The first-order chi connectivity index (χ1) is 9.10. The van der Waals surface area contributed by atoms with Crippen LogP contribution in [-0.2, 0) is 0 Å². The van der Waals surface area contributed by atoms with Crippen molar-refractivity contribution in [1.29, 1.82) is 5.26 Å². The van der Waals surface area contributed by atoms with Crippen molar-refractivity contribution in [2.45, 2.75) is 25.8 Å². The molecular weight excluding hydrogens is 258 g/mol. The number of methoxy groups -OCH3 is 1. The van der Waals surface area contributed by atoms with Gasteiger partial charge in [-0.15, -0.1) is 0 Å². The summed E-state index contributed by atoms with van der Waals surface area (Å²) in [6.07, 6.45) is 1.02. The number of nitrogens with one attached hydrogen (secondary N) is 1. The van der Waals surface area contributed by atoms with E-state index in [9.17, 15) is 0 Å². The van der Waals surface area contributed by atoms with E-state index < -0.39 is 0 Å². The smallest absolute Gasteiger partial charge is 0.161 e. The minimum absolute atomic E-state index is 0.0207. The lowest BCUT2D eigenvalue weighted by atomic mass is 10.0. The Morgan fingerprint density at radius 3 is 2.95 bits per heavy atom. The first-order valence-electron chi connectivity index (χ1n) is 6.18. The number of ether oxygens (including phenoxy) is 1. The third-order valence-corrected chi connectivity index (χ3v) is 4.46. The molecule has 0 bridgehead atoms. The molecule has 0 radical (unpaired) electrons. The molecule has 1 aromatic carbocycles. The molecule has 1 aromatic rings. The van der Waals surface area contributed by atoms with Gasteiger partial charge in [-0.2, -0.15) is 5.26 Å². The molecule has 0 aliphatic carbocycles. The molecule has 0 saturated heterocycles. The molecule has 1 unspecified atom stereocenters. The number of nitrogens with zero attached hydrogens (tertiary/aromatic N) is 2. The molecule has 1 N–H and O–H groups in total. The number of hydrogen-bond donors (Lipinski definition) is 1. The van der Waals surface area contributed by atoms with Gasteiger partial charge in [0.15, 0.2) is 5.17 Å². The maximum atomic E-state index is 8.88. The van der Waals surface area contributed by atoms with Crippen molar-refractivity contribution in [3.63, 3.8) is 0 Å². The number of hydrogen-bond acceptors (Lipinski definition) is 5. The predicted molar refractivity (Wildman–Crippen MR) is 79.9 cm³/mol. The second kappa shape index (κ2) is 5.54. The van der Waals surface area contributed by atoms with Crippen molar-refractivity contribution < 1.29 is 4.74 Å². The van der Waals surface area contributed by atoms with Crippen LogP contribution in [0.25, 0.3) is 0 Å². The van der Waals surface area contributed by atoms with Crippen molar-refractivity contribution in [3.8, 4) is 11.8 Å². The summed E-state index contributed by atoms with van der Waals surface area (Å²) in [6, 6.07) is 7.44. The number of nitriles is 1. The molecule has 1 aliphatic rings. The molecule has 1 aliphatic heterocycles. The van der Waals surface area contributed by atoms with E-state index in [1.807, 2.05) is 6.07 Å². The van der Waals surface area contributed by atoms with Gasteiger partial charge >= 0.3 is 0 Å². The Labute approximate surface area is 117 Å². The summed E-state index contributed by atoms with van der Waals surface area (Å²) in [5, 5.41) is 13.1. The van der Waals surface area contributed by atoms with Gasteiger partial charge in [0, 0.05) is 11.8 Å². The number of benzene rings is 1. The Bertz CT molecular complexity index is 550. The van der Waals surface area contributed by atoms with Gasteiger partial charge in [-0.05, 0) is 25.5 Å². The first kappa shape index (κ1) is 13.8. The SMILES string of the molecule is CCC1(C)CSC(Nc2ccc(C#N)cc2OC)=N1. The third-order valence-electron chi connectivity index (χ3n) is 3.23. The Morgan fingerprint density at radius 1 is 1.58 bits per heavy atom. The zero-order chi connectivity index (χ0) is 13.9.